The minimum absolute atomic E-state index is 0.373. The summed E-state index contributed by atoms with van der Waals surface area (Å²) in [5.74, 6) is 0. The molecule has 21 heavy (non-hydrogen) atoms. The van der Waals surface area contributed by atoms with Crippen LogP contribution in [0.1, 0.15) is 39.2 Å². The van der Waals surface area contributed by atoms with Gasteiger partial charge in [-0.05, 0) is 53.4 Å². The fraction of sp³-hybridized carbons (Fsp3) is 0.647. The smallest absolute Gasteiger partial charge is 0.0750 e. The number of ether oxygens (including phenoxy) is 1. The molecule has 1 saturated heterocycles. The van der Waals surface area contributed by atoms with Crippen LogP contribution in [0.25, 0.3) is 0 Å². The molecule has 1 fully saturated rings. The molecule has 1 aromatic rings. The Kier molecular flexibility index (Phi) is 6.52. The summed E-state index contributed by atoms with van der Waals surface area (Å²) in [4.78, 5) is 2.44. The quantitative estimate of drug-likeness (QED) is 0.836. The van der Waals surface area contributed by atoms with E-state index < -0.39 is 0 Å². The third kappa shape index (κ3) is 4.97. The summed E-state index contributed by atoms with van der Waals surface area (Å²) in [6.45, 7) is 10.3. The van der Waals surface area contributed by atoms with E-state index in [0.29, 0.717) is 12.1 Å². The molecule has 0 aromatic heterocycles. The third-order valence-electron chi connectivity index (χ3n) is 3.85. The van der Waals surface area contributed by atoms with E-state index >= 15 is 0 Å². The van der Waals surface area contributed by atoms with Gasteiger partial charge < -0.3 is 15.0 Å². The topological polar surface area (TPSA) is 24.5 Å². The van der Waals surface area contributed by atoms with Crippen molar-refractivity contribution in [2.75, 3.05) is 24.6 Å². The molecule has 1 unspecified atom stereocenters. The molecule has 0 spiro atoms. The van der Waals surface area contributed by atoms with Crippen LogP contribution >= 0.6 is 15.9 Å². The van der Waals surface area contributed by atoms with Crippen LogP contribution in [0.15, 0.2) is 22.7 Å². The van der Waals surface area contributed by atoms with Gasteiger partial charge in [-0.25, -0.2) is 0 Å². The highest BCUT2D eigenvalue weighted by molar-refractivity contribution is 9.10. The lowest BCUT2D eigenvalue weighted by atomic mass is 10.1. The number of halogens is 1. The van der Waals surface area contributed by atoms with Gasteiger partial charge in [0, 0.05) is 36.8 Å². The molecular weight excluding hydrogens is 328 g/mol. The maximum Gasteiger partial charge on any atom is 0.0750 e. The van der Waals surface area contributed by atoms with Crippen molar-refractivity contribution < 1.29 is 4.74 Å². The van der Waals surface area contributed by atoms with Gasteiger partial charge in [0.2, 0.25) is 0 Å². The number of piperidine rings is 1. The Morgan fingerprint density at radius 2 is 2.24 bits per heavy atom. The second-order valence-electron chi connectivity index (χ2n) is 5.99. The fourth-order valence-electron chi connectivity index (χ4n) is 2.77. The third-order valence-corrected chi connectivity index (χ3v) is 4.48. The van der Waals surface area contributed by atoms with Crippen molar-refractivity contribution >= 4 is 21.6 Å². The van der Waals surface area contributed by atoms with Gasteiger partial charge in [-0.2, -0.15) is 0 Å². The zero-order valence-corrected chi connectivity index (χ0v) is 14.9. The van der Waals surface area contributed by atoms with Crippen molar-refractivity contribution in [1.29, 1.82) is 0 Å². The molecule has 0 radical (unpaired) electrons. The first kappa shape index (κ1) is 16.8. The van der Waals surface area contributed by atoms with Gasteiger partial charge >= 0.3 is 0 Å². The fourth-order valence-corrected chi connectivity index (χ4v) is 3.44. The van der Waals surface area contributed by atoms with Crippen LogP contribution in [0.4, 0.5) is 5.69 Å². The number of nitrogens with zero attached hydrogens (tertiary/aromatic N) is 1. The summed E-state index contributed by atoms with van der Waals surface area (Å²) in [6.07, 6.45) is 2.75. The highest BCUT2D eigenvalue weighted by Crippen LogP contribution is 2.30. The predicted molar refractivity (Wildman–Crippen MR) is 93.0 cm³/mol. The standard InChI is InChI=1S/C17H27BrN2O/c1-4-21-15-6-5-9-20(12-15)17-8-7-14(10-16(17)18)11-19-13(2)3/h7-8,10,13,15,19H,4-6,9,11-12H2,1-3H3. The van der Waals surface area contributed by atoms with Crippen LogP contribution in [0, 0.1) is 0 Å². The maximum absolute atomic E-state index is 5.80. The molecular formula is C17H27BrN2O. The van der Waals surface area contributed by atoms with Crippen LogP contribution in [-0.2, 0) is 11.3 Å². The van der Waals surface area contributed by atoms with Crippen LogP contribution in [0.2, 0.25) is 0 Å². The second kappa shape index (κ2) is 8.16. The molecule has 1 heterocycles. The molecule has 1 aromatic carbocycles. The molecule has 1 aliphatic rings. The monoisotopic (exact) mass is 354 g/mol. The highest BCUT2D eigenvalue weighted by atomic mass is 79.9. The van der Waals surface area contributed by atoms with Gasteiger partial charge in [-0.15, -0.1) is 0 Å². The first-order valence-corrected chi connectivity index (χ1v) is 8.77. The Labute approximate surface area is 137 Å². The van der Waals surface area contributed by atoms with E-state index in [0.717, 1.165) is 26.2 Å². The van der Waals surface area contributed by atoms with Crippen molar-refractivity contribution in [2.45, 2.75) is 52.3 Å². The number of benzene rings is 1. The summed E-state index contributed by atoms with van der Waals surface area (Å²) < 4.78 is 6.98. The van der Waals surface area contributed by atoms with Crippen molar-refractivity contribution in [3.63, 3.8) is 0 Å². The first-order chi connectivity index (χ1) is 10.1. The predicted octanol–water partition coefficient (Wildman–Crippen LogP) is 3.95. The zero-order valence-electron chi connectivity index (χ0n) is 13.4. The van der Waals surface area contributed by atoms with E-state index in [1.807, 2.05) is 0 Å². The summed E-state index contributed by atoms with van der Waals surface area (Å²) in [6, 6.07) is 7.20. The van der Waals surface area contributed by atoms with E-state index in [-0.39, 0.29) is 0 Å². The Hall–Kier alpha value is -0.580. The van der Waals surface area contributed by atoms with Gasteiger partial charge in [0.15, 0.2) is 0 Å². The van der Waals surface area contributed by atoms with Crippen LogP contribution in [0.3, 0.4) is 0 Å². The molecule has 3 nitrogen and oxygen atoms in total. The molecule has 2 rings (SSSR count). The lowest BCUT2D eigenvalue weighted by Crippen LogP contribution is -2.39. The zero-order chi connectivity index (χ0) is 15.2. The van der Waals surface area contributed by atoms with E-state index in [2.05, 4.69) is 65.1 Å². The van der Waals surface area contributed by atoms with Gasteiger partial charge in [-0.3, -0.25) is 0 Å². The van der Waals surface area contributed by atoms with E-state index in [9.17, 15) is 0 Å². The molecule has 1 aliphatic heterocycles. The van der Waals surface area contributed by atoms with E-state index in [1.54, 1.807) is 0 Å². The van der Waals surface area contributed by atoms with E-state index in [1.165, 1.54) is 28.6 Å². The average molecular weight is 355 g/mol. The lowest BCUT2D eigenvalue weighted by molar-refractivity contribution is 0.0526. The minimum Gasteiger partial charge on any atom is -0.377 e. The molecule has 118 valence electrons. The van der Waals surface area contributed by atoms with Crippen molar-refractivity contribution in [3.8, 4) is 0 Å². The summed E-state index contributed by atoms with van der Waals surface area (Å²) in [5.41, 5.74) is 2.60. The Balaban J connectivity index is 2.02. The van der Waals surface area contributed by atoms with Crippen molar-refractivity contribution in [1.82, 2.24) is 5.32 Å². The van der Waals surface area contributed by atoms with E-state index in [4.69, 9.17) is 4.74 Å². The molecule has 0 bridgehead atoms. The van der Waals surface area contributed by atoms with Gasteiger partial charge in [0.25, 0.3) is 0 Å². The number of nitrogens with one attached hydrogen (secondary N) is 1. The maximum atomic E-state index is 5.80. The molecule has 1 N–H and O–H groups in total. The largest absolute Gasteiger partial charge is 0.377 e. The number of rotatable bonds is 6. The summed E-state index contributed by atoms with van der Waals surface area (Å²) >= 11 is 3.74. The SMILES string of the molecule is CCOC1CCCN(c2ccc(CNC(C)C)cc2Br)C1. The Morgan fingerprint density at radius 3 is 2.90 bits per heavy atom. The molecule has 0 amide bonds. The molecule has 0 aliphatic carbocycles. The average Bonchev–Trinajstić information content (AvgIpc) is 2.46. The van der Waals surface area contributed by atoms with Gasteiger partial charge in [0.05, 0.1) is 11.8 Å². The van der Waals surface area contributed by atoms with Crippen molar-refractivity contribution in [3.05, 3.63) is 28.2 Å². The molecule has 4 heteroatoms. The summed E-state index contributed by atoms with van der Waals surface area (Å²) in [7, 11) is 0. The summed E-state index contributed by atoms with van der Waals surface area (Å²) in [5, 5.41) is 3.46. The number of anilines is 1. The molecule has 0 saturated carbocycles. The Morgan fingerprint density at radius 1 is 1.43 bits per heavy atom. The van der Waals surface area contributed by atoms with Gasteiger partial charge in [0.1, 0.15) is 0 Å². The Bertz CT molecular complexity index is 448. The van der Waals surface area contributed by atoms with Gasteiger partial charge in [-0.1, -0.05) is 19.9 Å². The highest BCUT2D eigenvalue weighted by Gasteiger charge is 2.21. The van der Waals surface area contributed by atoms with Crippen LogP contribution in [0.5, 0.6) is 0 Å². The number of hydrogen-bond acceptors (Lipinski definition) is 3. The van der Waals surface area contributed by atoms with Crippen LogP contribution < -0.4 is 10.2 Å². The second-order valence-corrected chi connectivity index (χ2v) is 6.84. The lowest BCUT2D eigenvalue weighted by Gasteiger charge is -2.34. The van der Waals surface area contributed by atoms with Crippen molar-refractivity contribution in [2.24, 2.45) is 0 Å². The number of hydrogen-bond donors (Lipinski definition) is 1. The molecule has 1 atom stereocenters. The normalized spacial score (nSPS) is 19.3. The first-order valence-electron chi connectivity index (χ1n) is 7.98. The van der Waals surface area contributed by atoms with Crippen LogP contribution in [-0.4, -0.2) is 31.8 Å². The minimum atomic E-state index is 0.373.